The van der Waals surface area contributed by atoms with Gasteiger partial charge in [-0.2, -0.15) is 4.98 Å². The molecule has 1 fully saturated rings. The summed E-state index contributed by atoms with van der Waals surface area (Å²) in [4.78, 5) is 11.4. The Kier molecular flexibility index (Phi) is 4.00. The van der Waals surface area contributed by atoms with Crippen LogP contribution in [0.2, 0.25) is 0 Å². The Bertz CT molecular complexity index is 562. The van der Waals surface area contributed by atoms with E-state index >= 15 is 0 Å². The molecule has 1 saturated heterocycles. The van der Waals surface area contributed by atoms with Crippen LogP contribution >= 0.6 is 0 Å². The van der Waals surface area contributed by atoms with Crippen molar-refractivity contribution in [2.45, 2.75) is 30.9 Å². The van der Waals surface area contributed by atoms with Gasteiger partial charge in [-0.05, 0) is 0 Å². The second-order valence-corrected chi connectivity index (χ2v) is 5.15. The molecule has 0 aromatic carbocycles. The number of aromatic nitrogens is 4. The van der Waals surface area contributed by atoms with Crippen molar-refractivity contribution >= 4 is 0 Å². The summed E-state index contributed by atoms with van der Waals surface area (Å²) >= 11 is 0. The van der Waals surface area contributed by atoms with Crippen molar-refractivity contribution in [2.24, 2.45) is 5.73 Å². The summed E-state index contributed by atoms with van der Waals surface area (Å²) in [5, 5.41) is 4.06. The minimum Gasteiger partial charge on any atom is -0.381 e. The molecule has 0 bridgehead atoms. The number of rotatable bonds is 5. The van der Waals surface area contributed by atoms with Crippen LogP contribution < -0.4 is 5.73 Å². The number of nitrogens with two attached hydrogens (primary N) is 1. The number of aromatic amines is 1. The topological polar surface area (TPSA) is 112 Å². The maximum atomic E-state index is 6.10. The van der Waals surface area contributed by atoms with E-state index in [0.29, 0.717) is 44.2 Å². The molecule has 3 rings (SSSR count). The fraction of sp³-hybridized carbons (Fsp3) is 0.615. The third-order valence-corrected chi connectivity index (χ3v) is 3.85. The summed E-state index contributed by atoms with van der Waals surface area (Å²) in [5.41, 5.74) is 6.50. The lowest BCUT2D eigenvalue weighted by molar-refractivity contribution is -0.101. The lowest BCUT2D eigenvalue weighted by Gasteiger charge is -2.32. The smallest absolute Gasteiger partial charge is 0.244 e. The third-order valence-electron chi connectivity index (χ3n) is 3.85. The van der Waals surface area contributed by atoms with Gasteiger partial charge in [-0.3, -0.25) is 0 Å². The second kappa shape index (κ2) is 5.92. The first-order valence-corrected chi connectivity index (χ1v) is 6.93. The lowest BCUT2D eigenvalue weighted by atomic mass is 9.93. The number of H-pyrrole nitrogens is 1. The zero-order chi connectivity index (χ0) is 14.7. The van der Waals surface area contributed by atoms with E-state index in [9.17, 15) is 0 Å². The van der Waals surface area contributed by atoms with Crippen molar-refractivity contribution in [3.8, 4) is 0 Å². The summed E-state index contributed by atoms with van der Waals surface area (Å²) in [6.07, 6.45) is 5.32. The molecule has 1 unspecified atom stereocenters. The maximum Gasteiger partial charge on any atom is 0.244 e. The van der Waals surface area contributed by atoms with Crippen LogP contribution in [-0.2, 0) is 21.5 Å². The first-order valence-electron chi connectivity index (χ1n) is 6.93. The zero-order valence-corrected chi connectivity index (χ0v) is 11.9. The quantitative estimate of drug-likeness (QED) is 0.833. The molecule has 8 heteroatoms. The van der Waals surface area contributed by atoms with Crippen LogP contribution in [0.3, 0.4) is 0 Å². The van der Waals surface area contributed by atoms with Gasteiger partial charge in [0, 0.05) is 51.5 Å². The Morgan fingerprint density at radius 3 is 2.95 bits per heavy atom. The minimum atomic E-state index is -0.534. The third kappa shape index (κ3) is 2.82. The molecule has 2 aromatic heterocycles. The summed E-state index contributed by atoms with van der Waals surface area (Å²) in [6, 6.07) is -0.375. The van der Waals surface area contributed by atoms with Gasteiger partial charge < -0.3 is 24.7 Å². The predicted octanol–water partition coefficient (Wildman–Crippen LogP) is 0.687. The number of nitrogens with one attached hydrogen (secondary N) is 1. The van der Waals surface area contributed by atoms with Crippen LogP contribution in [0.1, 0.15) is 36.3 Å². The van der Waals surface area contributed by atoms with Crippen molar-refractivity contribution in [3.63, 3.8) is 0 Å². The van der Waals surface area contributed by atoms with Gasteiger partial charge >= 0.3 is 0 Å². The van der Waals surface area contributed by atoms with Crippen LogP contribution in [0.4, 0.5) is 0 Å². The highest BCUT2D eigenvalue weighted by molar-refractivity contribution is 5.07. The van der Waals surface area contributed by atoms with E-state index < -0.39 is 5.60 Å². The number of hydrogen-bond donors (Lipinski definition) is 2. The molecule has 0 spiro atoms. The molecule has 0 radical (unpaired) electrons. The van der Waals surface area contributed by atoms with Gasteiger partial charge in [-0.1, -0.05) is 5.16 Å². The van der Waals surface area contributed by atoms with E-state index in [-0.39, 0.29) is 6.04 Å². The number of ether oxygens (including phenoxy) is 2. The summed E-state index contributed by atoms with van der Waals surface area (Å²) in [7, 11) is 1.66. The monoisotopic (exact) mass is 293 g/mol. The Balaban J connectivity index is 1.75. The van der Waals surface area contributed by atoms with E-state index in [1.807, 2.05) is 0 Å². The molecule has 114 valence electrons. The molecule has 0 amide bonds. The number of imidazole rings is 1. The van der Waals surface area contributed by atoms with Gasteiger partial charge in [-0.25, -0.2) is 4.98 Å². The van der Waals surface area contributed by atoms with Gasteiger partial charge in [-0.15, -0.1) is 0 Å². The summed E-state index contributed by atoms with van der Waals surface area (Å²) in [6.45, 7) is 1.25. The van der Waals surface area contributed by atoms with Crippen LogP contribution in [-0.4, -0.2) is 40.4 Å². The molecule has 1 aliphatic rings. The number of hydrogen-bond acceptors (Lipinski definition) is 7. The van der Waals surface area contributed by atoms with E-state index in [1.54, 1.807) is 19.6 Å². The van der Waals surface area contributed by atoms with Crippen LogP contribution in [0, 0.1) is 0 Å². The van der Waals surface area contributed by atoms with Crippen molar-refractivity contribution in [2.75, 3.05) is 20.3 Å². The molecule has 3 heterocycles. The van der Waals surface area contributed by atoms with E-state index in [2.05, 4.69) is 20.1 Å². The van der Waals surface area contributed by atoms with Crippen molar-refractivity contribution in [1.29, 1.82) is 0 Å². The van der Waals surface area contributed by atoms with Crippen LogP contribution in [0.25, 0.3) is 0 Å². The fourth-order valence-corrected chi connectivity index (χ4v) is 2.51. The highest BCUT2D eigenvalue weighted by Crippen LogP contribution is 2.34. The highest BCUT2D eigenvalue weighted by Gasteiger charge is 2.39. The maximum absolute atomic E-state index is 6.10. The first-order chi connectivity index (χ1) is 10.2. The molecule has 1 aliphatic heterocycles. The molecule has 3 N–H and O–H groups in total. The second-order valence-electron chi connectivity index (χ2n) is 5.15. The molecule has 8 nitrogen and oxygen atoms in total. The fourth-order valence-electron chi connectivity index (χ4n) is 2.51. The van der Waals surface area contributed by atoms with Crippen molar-refractivity contribution in [1.82, 2.24) is 20.1 Å². The molecule has 0 saturated carbocycles. The number of nitrogens with zero attached hydrogens (tertiary/aromatic N) is 3. The molecule has 21 heavy (non-hydrogen) atoms. The predicted molar refractivity (Wildman–Crippen MR) is 72.3 cm³/mol. The Morgan fingerprint density at radius 2 is 2.29 bits per heavy atom. The minimum absolute atomic E-state index is 0.375. The van der Waals surface area contributed by atoms with Gasteiger partial charge in [0.05, 0.1) is 12.4 Å². The Labute approximate surface area is 122 Å². The van der Waals surface area contributed by atoms with Gasteiger partial charge in [0.25, 0.3) is 0 Å². The zero-order valence-electron chi connectivity index (χ0n) is 11.9. The number of methoxy groups -OCH3 is 1. The molecular weight excluding hydrogens is 274 g/mol. The Morgan fingerprint density at radius 1 is 1.48 bits per heavy atom. The summed E-state index contributed by atoms with van der Waals surface area (Å²) in [5.74, 6) is 0.950. The first kappa shape index (κ1) is 14.2. The van der Waals surface area contributed by atoms with E-state index in [4.69, 9.17) is 19.7 Å². The van der Waals surface area contributed by atoms with E-state index in [1.165, 1.54) is 0 Å². The van der Waals surface area contributed by atoms with Crippen LogP contribution in [0.5, 0.6) is 0 Å². The molecule has 2 aromatic rings. The Hall–Kier alpha value is -1.77. The average molecular weight is 293 g/mol. The van der Waals surface area contributed by atoms with Gasteiger partial charge in [0.1, 0.15) is 5.60 Å². The van der Waals surface area contributed by atoms with Crippen LogP contribution in [0.15, 0.2) is 17.0 Å². The SMILES string of the molecule is COC1(c2noc(C(N)Cc3cnc[nH]3)n2)CCOCC1. The lowest BCUT2D eigenvalue weighted by Crippen LogP contribution is -2.36. The van der Waals surface area contributed by atoms with Crippen molar-refractivity contribution < 1.29 is 14.0 Å². The van der Waals surface area contributed by atoms with Crippen molar-refractivity contribution in [3.05, 3.63) is 29.9 Å². The highest BCUT2D eigenvalue weighted by atomic mass is 16.5. The average Bonchev–Trinajstić information content (AvgIpc) is 3.19. The van der Waals surface area contributed by atoms with Gasteiger partial charge in [0.2, 0.25) is 11.7 Å². The normalized spacial score (nSPS) is 19.5. The standard InChI is InChI=1S/C13H19N5O3/c1-19-13(2-4-20-5-3-13)12-17-11(21-18-12)10(14)6-9-7-15-8-16-9/h7-8,10H,2-6,14H2,1H3,(H,15,16). The van der Waals surface area contributed by atoms with Gasteiger partial charge in [0.15, 0.2) is 0 Å². The molecule has 1 atom stereocenters. The molecular formula is C13H19N5O3. The summed E-state index contributed by atoms with van der Waals surface area (Å²) < 4.78 is 16.3. The van der Waals surface area contributed by atoms with E-state index in [0.717, 1.165) is 5.69 Å². The largest absolute Gasteiger partial charge is 0.381 e. The molecule has 0 aliphatic carbocycles.